The lowest BCUT2D eigenvalue weighted by Crippen LogP contribution is -3.00. The molecule has 0 N–H and O–H groups in total. The first-order valence-electron chi connectivity index (χ1n) is 5.05. The smallest absolute Gasteiger partial charge is 0.170 e. The molecule has 0 aliphatic rings. The number of rotatable bonds is 2. The van der Waals surface area contributed by atoms with Crippen LogP contribution in [0.25, 0.3) is 0 Å². The van der Waals surface area contributed by atoms with Crippen LogP contribution in [0.3, 0.4) is 0 Å². The van der Waals surface area contributed by atoms with Crippen molar-refractivity contribution in [2.45, 2.75) is 27.3 Å². The number of hydrogen-bond acceptors (Lipinski definition) is 1. The topological polar surface area (TPSA) is 7.12 Å². The number of halogens is 1. The zero-order valence-electron chi connectivity index (χ0n) is 10.3. The van der Waals surface area contributed by atoms with Crippen LogP contribution in [0.1, 0.15) is 20.8 Å². The molecule has 0 fully saturated rings. The lowest BCUT2D eigenvalue weighted by molar-refractivity contribution is -0.708. The Morgan fingerprint density at radius 1 is 1.13 bits per heavy atom. The van der Waals surface area contributed by atoms with E-state index >= 15 is 0 Å². The zero-order valence-corrected chi connectivity index (χ0v) is 11.9. The van der Waals surface area contributed by atoms with E-state index in [-0.39, 0.29) is 17.0 Å². The first-order chi connectivity index (χ1) is 6.38. The molecular weight excluding hydrogens is 252 g/mol. The lowest BCUT2D eigenvalue weighted by atomic mass is 9.97. The molecule has 0 aromatic carbocycles. The van der Waals surface area contributed by atoms with E-state index in [0.717, 1.165) is 6.54 Å². The minimum Gasteiger partial charge on any atom is -1.00 e. The molecule has 0 aliphatic carbocycles. The van der Waals surface area contributed by atoms with E-state index in [4.69, 9.17) is 0 Å². The summed E-state index contributed by atoms with van der Waals surface area (Å²) in [6.07, 6.45) is 4.28. The summed E-state index contributed by atoms with van der Waals surface area (Å²) in [7, 11) is 4.12. The maximum absolute atomic E-state index is 2.25. The van der Waals surface area contributed by atoms with E-state index < -0.39 is 0 Å². The van der Waals surface area contributed by atoms with Crippen molar-refractivity contribution in [1.82, 2.24) is 0 Å². The van der Waals surface area contributed by atoms with E-state index in [9.17, 15) is 0 Å². The number of aromatic nitrogens is 1. The van der Waals surface area contributed by atoms with Crippen LogP contribution in [-0.4, -0.2) is 14.1 Å². The van der Waals surface area contributed by atoms with Crippen LogP contribution >= 0.6 is 0 Å². The van der Waals surface area contributed by atoms with Gasteiger partial charge in [0, 0.05) is 37.3 Å². The number of pyridine rings is 1. The maximum atomic E-state index is 2.25. The fourth-order valence-electron chi connectivity index (χ4n) is 1.40. The van der Waals surface area contributed by atoms with Gasteiger partial charge in [0.05, 0.1) is 0 Å². The molecule has 0 saturated heterocycles. The minimum absolute atomic E-state index is 0. The molecule has 0 aliphatic heterocycles. The van der Waals surface area contributed by atoms with E-state index in [0.29, 0.717) is 5.41 Å². The Morgan fingerprint density at radius 3 is 1.93 bits per heavy atom. The van der Waals surface area contributed by atoms with Gasteiger partial charge in [0.2, 0.25) is 0 Å². The summed E-state index contributed by atoms with van der Waals surface area (Å²) in [5, 5.41) is 0. The normalized spacial score (nSPS) is 10.7. The Hall–Kier alpha value is -0.570. The third-order valence-electron chi connectivity index (χ3n) is 2.05. The number of hydrogen-bond donors (Lipinski definition) is 0. The van der Waals surface area contributed by atoms with Gasteiger partial charge in [0.1, 0.15) is 0 Å². The van der Waals surface area contributed by atoms with Gasteiger partial charge in [-0.2, -0.15) is 0 Å². The fourth-order valence-corrected chi connectivity index (χ4v) is 1.40. The molecule has 0 bridgehead atoms. The highest BCUT2D eigenvalue weighted by Crippen LogP contribution is 2.13. The molecule has 0 atom stereocenters. The minimum atomic E-state index is 0. The zero-order chi connectivity index (χ0) is 10.8. The van der Waals surface area contributed by atoms with E-state index in [1.54, 1.807) is 0 Å². The molecule has 0 amide bonds. The molecule has 15 heavy (non-hydrogen) atoms. The van der Waals surface area contributed by atoms with Crippen LogP contribution in [0, 0.1) is 5.41 Å². The average Bonchev–Trinajstić information content (AvgIpc) is 2.02. The van der Waals surface area contributed by atoms with Gasteiger partial charge in [0.25, 0.3) is 0 Å². The molecular formula is C12H21BrN2. The average molecular weight is 273 g/mol. The van der Waals surface area contributed by atoms with Crippen molar-refractivity contribution in [2.75, 3.05) is 19.0 Å². The van der Waals surface area contributed by atoms with Gasteiger partial charge in [-0.25, -0.2) is 4.57 Å². The van der Waals surface area contributed by atoms with Crippen molar-refractivity contribution in [1.29, 1.82) is 0 Å². The van der Waals surface area contributed by atoms with Gasteiger partial charge < -0.3 is 21.9 Å². The highest BCUT2D eigenvalue weighted by Gasteiger charge is 2.16. The molecule has 0 spiro atoms. The van der Waals surface area contributed by atoms with E-state index in [1.165, 1.54) is 5.69 Å². The monoisotopic (exact) mass is 272 g/mol. The van der Waals surface area contributed by atoms with Gasteiger partial charge >= 0.3 is 0 Å². The van der Waals surface area contributed by atoms with Crippen molar-refractivity contribution >= 4 is 5.69 Å². The van der Waals surface area contributed by atoms with E-state index in [2.05, 4.69) is 68.9 Å². The van der Waals surface area contributed by atoms with Gasteiger partial charge in [-0.15, -0.1) is 0 Å². The highest BCUT2D eigenvalue weighted by atomic mass is 79.9. The molecule has 0 saturated carbocycles. The Balaban J connectivity index is 0.00000196. The Morgan fingerprint density at radius 2 is 1.60 bits per heavy atom. The summed E-state index contributed by atoms with van der Waals surface area (Å²) in [4.78, 5) is 2.11. The molecule has 1 heterocycles. The third-order valence-corrected chi connectivity index (χ3v) is 2.05. The number of anilines is 1. The van der Waals surface area contributed by atoms with Crippen molar-refractivity contribution in [3.63, 3.8) is 0 Å². The Labute approximate surface area is 104 Å². The highest BCUT2D eigenvalue weighted by molar-refractivity contribution is 5.41. The molecule has 0 radical (unpaired) electrons. The summed E-state index contributed by atoms with van der Waals surface area (Å²) >= 11 is 0. The van der Waals surface area contributed by atoms with Gasteiger partial charge in [-0.1, -0.05) is 20.8 Å². The number of nitrogens with zero attached hydrogens (tertiary/aromatic N) is 2. The van der Waals surface area contributed by atoms with E-state index in [1.807, 2.05) is 0 Å². The van der Waals surface area contributed by atoms with Gasteiger partial charge in [-0.3, -0.25) is 0 Å². The van der Waals surface area contributed by atoms with Gasteiger partial charge in [-0.05, 0) is 0 Å². The second-order valence-electron chi connectivity index (χ2n) is 5.18. The quantitative estimate of drug-likeness (QED) is 0.633. The summed E-state index contributed by atoms with van der Waals surface area (Å²) in [6, 6.07) is 4.29. The first-order valence-corrected chi connectivity index (χ1v) is 5.05. The molecule has 1 rings (SSSR count). The van der Waals surface area contributed by atoms with Crippen LogP contribution in [-0.2, 0) is 6.54 Å². The van der Waals surface area contributed by atoms with Crippen molar-refractivity contribution in [2.24, 2.45) is 5.41 Å². The second kappa shape index (κ2) is 5.50. The molecule has 1 aromatic rings. The first kappa shape index (κ1) is 14.4. The van der Waals surface area contributed by atoms with Crippen LogP contribution in [0.5, 0.6) is 0 Å². The standard InChI is InChI=1S/C12H21N2.BrH/c1-12(2,3)10-14-8-6-11(7-9-14)13(4)5;/h6-9H,10H2,1-5H3;1H/q+1;/p-1. The van der Waals surface area contributed by atoms with Crippen molar-refractivity contribution < 1.29 is 21.5 Å². The van der Waals surface area contributed by atoms with Crippen molar-refractivity contribution in [3.8, 4) is 0 Å². The van der Waals surface area contributed by atoms with Crippen LogP contribution < -0.4 is 26.4 Å². The summed E-state index contributed by atoms with van der Waals surface area (Å²) in [5.74, 6) is 0. The summed E-state index contributed by atoms with van der Waals surface area (Å²) < 4.78 is 2.23. The maximum Gasteiger partial charge on any atom is 0.170 e. The van der Waals surface area contributed by atoms with Crippen LogP contribution in [0.4, 0.5) is 5.69 Å². The Kier molecular flexibility index (Phi) is 5.29. The Bertz CT molecular complexity index is 285. The van der Waals surface area contributed by atoms with Crippen LogP contribution in [0.15, 0.2) is 24.5 Å². The second-order valence-corrected chi connectivity index (χ2v) is 5.18. The van der Waals surface area contributed by atoms with Crippen molar-refractivity contribution in [3.05, 3.63) is 24.5 Å². The molecule has 1 aromatic heterocycles. The van der Waals surface area contributed by atoms with Crippen LogP contribution in [0.2, 0.25) is 0 Å². The predicted octanol–water partition coefficient (Wildman–Crippen LogP) is -0.910. The SMILES string of the molecule is CN(C)c1cc[n+](CC(C)(C)C)cc1.[Br-]. The fraction of sp³-hybridized carbons (Fsp3) is 0.583. The molecule has 2 nitrogen and oxygen atoms in total. The third kappa shape index (κ3) is 5.17. The molecule has 3 heteroatoms. The molecule has 0 unspecified atom stereocenters. The summed E-state index contributed by atoms with van der Waals surface area (Å²) in [6.45, 7) is 7.81. The molecule has 86 valence electrons. The van der Waals surface area contributed by atoms with Gasteiger partial charge in [0.15, 0.2) is 18.9 Å². The predicted molar refractivity (Wildman–Crippen MR) is 60.4 cm³/mol. The largest absolute Gasteiger partial charge is 1.00 e. The summed E-state index contributed by atoms with van der Waals surface area (Å²) in [5.41, 5.74) is 1.58. The lowest BCUT2D eigenvalue weighted by Gasteiger charge is -2.14.